The normalized spacial score (nSPS) is 19.9. The van der Waals surface area contributed by atoms with Crippen LogP contribution in [0.1, 0.15) is 12.8 Å². The second kappa shape index (κ2) is 5.09. The van der Waals surface area contributed by atoms with E-state index in [1.807, 2.05) is 6.07 Å². The molecular weight excluding hydrogens is 245 g/mol. The van der Waals surface area contributed by atoms with E-state index >= 15 is 0 Å². The van der Waals surface area contributed by atoms with E-state index in [-0.39, 0.29) is 18.3 Å². The molecular formula is C14H16FN3O. The van der Waals surface area contributed by atoms with Crippen molar-refractivity contribution in [2.75, 3.05) is 24.6 Å². The van der Waals surface area contributed by atoms with E-state index < -0.39 is 0 Å². The van der Waals surface area contributed by atoms with Crippen LogP contribution in [0.3, 0.4) is 0 Å². The second-order valence-corrected chi connectivity index (χ2v) is 4.97. The molecule has 4 nitrogen and oxygen atoms in total. The Morgan fingerprint density at radius 1 is 1.37 bits per heavy atom. The molecule has 0 spiro atoms. The van der Waals surface area contributed by atoms with E-state index in [0.717, 1.165) is 37.1 Å². The number of rotatable bonds is 2. The monoisotopic (exact) mass is 261 g/mol. The van der Waals surface area contributed by atoms with Crippen LogP contribution < -0.4 is 4.90 Å². The molecule has 19 heavy (non-hydrogen) atoms. The summed E-state index contributed by atoms with van der Waals surface area (Å²) < 4.78 is 13.7. The predicted molar refractivity (Wildman–Crippen MR) is 71.5 cm³/mol. The van der Waals surface area contributed by atoms with Gasteiger partial charge in [-0.2, -0.15) is 0 Å². The first-order valence-corrected chi connectivity index (χ1v) is 6.54. The molecule has 0 radical (unpaired) electrons. The molecule has 3 rings (SSSR count). The summed E-state index contributed by atoms with van der Waals surface area (Å²) in [6.07, 6.45) is 3.46. The molecule has 5 heteroatoms. The Morgan fingerprint density at radius 3 is 3.11 bits per heavy atom. The lowest BCUT2D eigenvalue weighted by Crippen LogP contribution is -2.37. The van der Waals surface area contributed by atoms with Crippen LogP contribution in [0.5, 0.6) is 0 Å². The highest BCUT2D eigenvalue weighted by Gasteiger charge is 2.22. The first-order chi connectivity index (χ1) is 9.29. The maximum Gasteiger partial charge on any atom is 0.149 e. The van der Waals surface area contributed by atoms with E-state index in [1.165, 1.54) is 12.4 Å². The first-order valence-electron chi connectivity index (χ1n) is 6.54. The Kier molecular flexibility index (Phi) is 3.29. The van der Waals surface area contributed by atoms with Gasteiger partial charge in [0.2, 0.25) is 0 Å². The van der Waals surface area contributed by atoms with Crippen molar-refractivity contribution >= 4 is 16.7 Å². The summed E-state index contributed by atoms with van der Waals surface area (Å²) in [4.78, 5) is 10.4. The third kappa shape index (κ3) is 2.26. The molecule has 0 bridgehead atoms. The largest absolute Gasteiger partial charge is 0.396 e. The Balaban J connectivity index is 2.03. The molecule has 1 saturated heterocycles. The van der Waals surface area contributed by atoms with Crippen molar-refractivity contribution in [2.45, 2.75) is 12.8 Å². The van der Waals surface area contributed by atoms with Crippen LogP contribution in [0.4, 0.5) is 10.2 Å². The average Bonchev–Trinajstić information content (AvgIpc) is 2.47. The van der Waals surface area contributed by atoms with Crippen LogP contribution in [0.15, 0.2) is 24.5 Å². The molecule has 0 saturated carbocycles. The number of fused-ring (bicyclic) bond motifs is 1. The molecule has 1 aromatic heterocycles. The van der Waals surface area contributed by atoms with Crippen molar-refractivity contribution in [1.29, 1.82) is 0 Å². The van der Waals surface area contributed by atoms with Gasteiger partial charge in [0.1, 0.15) is 23.5 Å². The van der Waals surface area contributed by atoms with Gasteiger partial charge < -0.3 is 10.0 Å². The fraction of sp³-hybridized carbons (Fsp3) is 0.429. The van der Waals surface area contributed by atoms with E-state index in [0.29, 0.717) is 5.52 Å². The molecule has 1 aliphatic rings. The number of benzene rings is 1. The standard InChI is InChI=1S/C14H16FN3O/c15-12-5-1-4-11-13(12)16-9-17-14(11)18-6-2-3-10(7-18)8-19/h1,4-5,9-10,19H,2-3,6-8H2. The van der Waals surface area contributed by atoms with Crippen molar-refractivity contribution in [3.05, 3.63) is 30.3 Å². The van der Waals surface area contributed by atoms with Crippen LogP contribution in [-0.4, -0.2) is 34.8 Å². The lowest BCUT2D eigenvalue weighted by molar-refractivity contribution is 0.208. The number of nitrogens with zero attached hydrogens (tertiary/aromatic N) is 3. The van der Waals surface area contributed by atoms with Crippen molar-refractivity contribution in [3.63, 3.8) is 0 Å². The summed E-state index contributed by atoms with van der Waals surface area (Å²) in [5.41, 5.74) is 0.360. The highest BCUT2D eigenvalue weighted by atomic mass is 19.1. The molecule has 0 amide bonds. The number of piperidine rings is 1. The molecule has 2 aromatic rings. The lowest BCUT2D eigenvalue weighted by Gasteiger charge is -2.33. The summed E-state index contributed by atoms with van der Waals surface area (Å²) in [5, 5.41) is 10.0. The van der Waals surface area contributed by atoms with Gasteiger partial charge >= 0.3 is 0 Å². The zero-order chi connectivity index (χ0) is 13.2. The highest BCUT2D eigenvalue weighted by molar-refractivity contribution is 5.89. The predicted octanol–water partition coefficient (Wildman–Crippen LogP) is 1.98. The fourth-order valence-electron chi connectivity index (χ4n) is 2.70. The van der Waals surface area contributed by atoms with E-state index in [2.05, 4.69) is 14.9 Å². The van der Waals surface area contributed by atoms with E-state index in [1.54, 1.807) is 6.07 Å². The minimum atomic E-state index is -0.322. The van der Waals surface area contributed by atoms with Crippen molar-refractivity contribution in [2.24, 2.45) is 5.92 Å². The second-order valence-electron chi connectivity index (χ2n) is 4.97. The zero-order valence-electron chi connectivity index (χ0n) is 10.6. The van der Waals surface area contributed by atoms with Crippen LogP contribution in [0.2, 0.25) is 0 Å². The van der Waals surface area contributed by atoms with Gasteiger partial charge in [0.05, 0.1) is 0 Å². The molecule has 1 atom stereocenters. The van der Waals surface area contributed by atoms with E-state index in [4.69, 9.17) is 0 Å². The number of aliphatic hydroxyl groups is 1. The van der Waals surface area contributed by atoms with Gasteiger partial charge in [0, 0.05) is 25.1 Å². The number of aliphatic hydroxyl groups excluding tert-OH is 1. The average molecular weight is 261 g/mol. The fourth-order valence-corrected chi connectivity index (χ4v) is 2.70. The third-order valence-electron chi connectivity index (χ3n) is 3.67. The van der Waals surface area contributed by atoms with E-state index in [9.17, 15) is 9.50 Å². The summed E-state index contributed by atoms with van der Waals surface area (Å²) in [6, 6.07) is 4.93. The summed E-state index contributed by atoms with van der Waals surface area (Å²) in [6.45, 7) is 1.84. The van der Waals surface area contributed by atoms with Crippen LogP contribution in [-0.2, 0) is 0 Å². The maximum atomic E-state index is 13.7. The molecule has 1 fully saturated rings. The van der Waals surface area contributed by atoms with Gasteiger partial charge in [-0.25, -0.2) is 14.4 Å². The van der Waals surface area contributed by atoms with Crippen molar-refractivity contribution in [3.8, 4) is 0 Å². The minimum absolute atomic E-state index is 0.188. The smallest absolute Gasteiger partial charge is 0.149 e. The van der Waals surface area contributed by atoms with Crippen molar-refractivity contribution < 1.29 is 9.50 Å². The van der Waals surface area contributed by atoms with Gasteiger partial charge in [-0.3, -0.25) is 0 Å². The van der Waals surface area contributed by atoms with Gasteiger partial charge in [-0.1, -0.05) is 6.07 Å². The SMILES string of the molecule is OCC1CCCN(c2ncnc3c(F)cccc23)C1. The number of anilines is 1. The molecule has 1 unspecified atom stereocenters. The van der Waals surface area contributed by atoms with Crippen LogP contribution in [0.25, 0.3) is 10.9 Å². The minimum Gasteiger partial charge on any atom is -0.396 e. The molecule has 0 aliphatic carbocycles. The first kappa shape index (κ1) is 12.3. The topological polar surface area (TPSA) is 49.2 Å². The summed E-state index contributed by atoms with van der Waals surface area (Å²) in [7, 11) is 0. The quantitative estimate of drug-likeness (QED) is 0.898. The molecule has 100 valence electrons. The Labute approximate surface area is 110 Å². The highest BCUT2D eigenvalue weighted by Crippen LogP contribution is 2.28. The van der Waals surface area contributed by atoms with Gasteiger partial charge in [-0.15, -0.1) is 0 Å². The molecule has 2 heterocycles. The van der Waals surface area contributed by atoms with Gasteiger partial charge in [0.25, 0.3) is 0 Å². The Bertz CT molecular complexity index is 590. The molecule has 1 aromatic carbocycles. The third-order valence-corrected chi connectivity index (χ3v) is 3.67. The van der Waals surface area contributed by atoms with Crippen molar-refractivity contribution in [1.82, 2.24) is 9.97 Å². The summed E-state index contributed by atoms with van der Waals surface area (Å²) in [5.74, 6) is 0.715. The molecule has 1 N–H and O–H groups in total. The maximum absolute atomic E-state index is 13.7. The Hall–Kier alpha value is -1.75. The lowest BCUT2D eigenvalue weighted by atomic mass is 9.99. The number of para-hydroxylation sites is 1. The number of aromatic nitrogens is 2. The number of hydrogen-bond donors (Lipinski definition) is 1. The summed E-state index contributed by atoms with van der Waals surface area (Å²) >= 11 is 0. The van der Waals surface area contributed by atoms with Crippen LogP contribution >= 0.6 is 0 Å². The Morgan fingerprint density at radius 2 is 2.26 bits per heavy atom. The van der Waals surface area contributed by atoms with Crippen LogP contribution in [0, 0.1) is 11.7 Å². The number of hydrogen-bond acceptors (Lipinski definition) is 4. The zero-order valence-corrected chi connectivity index (χ0v) is 10.6. The van der Waals surface area contributed by atoms with Gasteiger partial charge in [-0.05, 0) is 30.9 Å². The van der Waals surface area contributed by atoms with Gasteiger partial charge in [0.15, 0.2) is 0 Å². The molecule has 1 aliphatic heterocycles. The number of halogens is 1.